The first-order valence-corrected chi connectivity index (χ1v) is 13.2. The summed E-state index contributed by atoms with van der Waals surface area (Å²) < 4.78 is 3.93. The van der Waals surface area contributed by atoms with E-state index in [0.717, 1.165) is 56.0 Å². The topological polar surface area (TPSA) is 120 Å². The lowest BCUT2D eigenvalue weighted by Crippen LogP contribution is -2.37. The van der Waals surface area contributed by atoms with E-state index in [1.165, 1.54) is 15.4 Å². The van der Waals surface area contributed by atoms with Crippen molar-refractivity contribution < 1.29 is 9.59 Å². The van der Waals surface area contributed by atoms with Gasteiger partial charge < -0.3 is 10.6 Å². The summed E-state index contributed by atoms with van der Waals surface area (Å²) in [6, 6.07) is 5.10. The third-order valence-corrected chi connectivity index (χ3v) is 7.44. The Balaban J connectivity index is 1.55. The third kappa shape index (κ3) is 4.68. The summed E-state index contributed by atoms with van der Waals surface area (Å²) in [5, 5.41) is 10.8. The fraction of sp³-hybridized carbons (Fsp3) is 0.577. The van der Waals surface area contributed by atoms with Crippen molar-refractivity contribution in [1.82, 2.24) is 29.4 Å². The van der Waals surface area contributed by atoms with Gasteiger partial charge in [-0.2, -0.15) is 0 Å². The molecule has 5 rings (SSSR count). The van der Waals surface area contributed by atoms with Gasteiger partial charge in [-0.05, 0) is 50.3 Å². The lowest BCUT2D eigenvalue weighted by Gasteiger charge is -2.22. The molecule has 2 heterocycles. The molecule has 2 aliphatic carbocycles. The van der Waals surface area contributed by atoms with Gasteiger partial charge in [-0.1, -0.05) is 39.0 Å². The van der Waals surface area contributed by atoms with Crippen molar-refractivity contribution in [2.45, 2.75) is 96.3 Å². The smallest absolute Gasteiger partial charge is 0.352 e. The average molecular weight is 495 g/mol. The Kier molecular flexibility index (Phi) is 6.93. The average Bonchev–Trinajstić information content (AvgIpc) is 3.50. The number of hydrogen-bond donors (Lipinski definition) is 2. The van der Waals surface area contributed by atoms with E-state index in [-0.39, 0.29) is 41.8 Å². The Hall–Kier alpha value is -3.43. The standard InChI is InChI=1S/C26H34N6O4/c1-2-14-30-24(35)20-13-12-17(23(34)28-19-8-4-3-5-9-19)15-21(20)32-25(30)29-31(26(32)36)16-22(33)27-18-10-6-7-11-18/h12-13,15,18-19H,2-11,14,16H2,1H3,(H,27,33)(H,28,34). The molecule has 0 radical (unpaired) electrons. The molecule has 10 heteroatoms. The van der Waals surface area contributed by atoms with Gasteiger partial charge in [-0.25, -0.2) is 13.9 Å². The molecule has 2 saturated carbocycles. The number of nitrogens with zero attached hydrogens (tertiary/aromatic N) is 4. The SMILES string of the molecule is CCCn1c(=O)c2ccc(C(=O)NC3CCCCC3)cc2n2c(=O)n(CC(=O)NC3CCCC3)nc12. The van der Waals surface area contributed by atoms with Gasteiger partial charge in [0.2, 0.25) is 11.7 Å². The van der Waals surface area contributed by atoms with Crippen LogP contribution < -0.4 is 21.9 Å². The Morgan fingerprint density at radius 2 is 1.64 bits per heavy atom. The minimum absolute atomic E-state index is 0.134. The van der Waals surface area contributed by atoms with Crippen LogP contribution in [0.25, 0.3) is 16.7 Å². The summed E-state index contributed by atoms with van der Waals surface area (Å²) in [5.74, 6) is -0.308. The Morgan fingerprint density at radius 1 is 0.972 bits per heavy atom. The van der Waals surface area contributed by atoms with Gasteiger partial charge in [0.1, 0.15) is 6.54 Å². The fourth-order valence-electron chi connectivity index (χ4n) is 5.58. The molecule has 2 aliphatic rings. The summed E-state index contributed by atoms with van der Waals surface area (Å²) in [6.45, 7) is 2.10. The van der Waals surface area contributed by atoms with Gasteiger partial charge in [0, 0.05) is 24.2 Å². The van der Waals surface area contributed by atoms with Crippen LogP contribution in [0.3, 0.4) is 0 Å². The van der Waals surface area contributed by atoms with Crippen LogP contribution in [0, 0.1) is 0 Å². The monoisotopic (exact) mass is 494 g/mol. The Morgan fingerprint density at radius 3 is 2.33 bits per heavy atom. The van der Waals surface area contributed by atoms with Crippen molar-refractivity contribution in [3.05, 3.63) is 44.6 Å². The molecule has 0 atom stereocenters. The first-order chi connectivity index (χ1) is 17.5. The van der Waals surface area contributed by atoms with E-state index in [1.807, 2.05) is 6.92 Å². The van der Waals surface area contributed by atoms with Gasteiger partial charge >= 0.3 is 5.69 Å². The lowest BCUT2D eigenvalue weighted by atomic mass is 9.95. The number of rotatable bonds is 7. The van der Waals surface area contributed by atoms with Crippen LogP contribution in [0.1, 0.15) is 81.5 Å². The minimum Gasteiger partial charge on any atom is -0.352 e. The number of aromatic nitrogens is 4. The molecule has 2 N–H and O–H groups in total. The number of hydrogen-bond acceptors (Lipinski definition) is 5. The number of fused-ring (bicyclic) bond motifs is 3. The maximum absolute atomic E-state index is 13.4. The fourth-order valence-corrected chi connectivity index (χ4v) is 5.58. The number of carbonyl (C=O) groups excluding carboxylic acids is 2. The van der Waals surface area contributed by atoms with Crippen molar-refractivity contribution in [1.29, 1.82) is 0 Å². The van der Waals surface area contributed by atoms with E-state index in [0.29, 0.717) is 29.4 Å². The highest BCUT2D eigenvalue weighted by Crippen LogP contribution is 2.20. The summed E-state index contributed by atoms with van der Waals surface area (Å²) in [6.07, 6.45) is 10.0. The van der Waals surface area contributed by atoms with Gasteiger partial charge in [0.15, 0.2) is 0 Å². The second-order valence-electron chi connectivity index (χ2n) is 10.1. The van der Waals surface area contributed by atoms with Crippen LogP contribution in [0.5, 0.6) is 0 Å². The van der Waals surface area contributed by atoms with Crippen molar-refractivity contribution in [2.24, 2.45) is 0 Å². The molecule has 0 spiro atoms. The number of aryl methyl sites for hydroxylation is 1. The van der Waals surface area contributed by atoms with E-state index in [4.69, 9.17) is 0 Å². The molecule has 36 heavy (non-hydrogen) atoms. The second-order valence-corrected chi connectivity index (χ2v) is 10.1. The molecular weight excluding hydrogens is 460 g/mol. The molecule has 0 unspecified atom stereocenters. The Labute approximate surface area is 208 Å². The molecule has 0 aliphatic heterocycles. The van der Waals surface area contributed by atoms with Crippen molar-refractivity contribution in [3.8, 4) is 0 Å². The van der Waals surface area contributed by atoms with Crippen molar-refractivity contribution in [2.75, 3.05) is 0 Å². The summed E-state index contributed by atoms with van der Waals surface area (Å²) in [4.78, 5) is 52.4. The number of amides is 2. The highest BCUT2D eigenvalue weighted by atomic mass is 16.2. The zero-order chi connectivity index (χ0) is 25.2. The second kappa shape index (κ2) is 10.3. The normalized spacial score (nSPS) is 17.1. The Bertz CT molecular complexity index is 1410. The van der Waals surface area contributed by atoms with Gasteiger partial charge in [0.05, 0.1) is 10.9 Å². The van der Waals surface area contributed by atoms with Crippen molar-refractivity contribution >= 4 is 28.5 Å². The highest BCUT2D eigenvalue weighted by molar-refractivity contribution is 5.98. The molecule has 1 aromatic carbocycles. The predicted octanol–water partition coefficient (Wildman–Crippen LogP) is 2.34. The minimum atomic E-state index is -0.508. The lowest BCUT2D eigenvalue weighted by molar-refractivity contribution is -0.122. The number of benzene rings is 1. The predicted molar refractivity (Wildman–Crippen MR) is 136 cm³/mol. The quantitative estimate of drug-likeness (QED) is 0.523. The maximum atomic E-state index is 13.4. The van der Waals surface area contributed by atoms with Gasteiger partial charge in [0.25, 0.3) is 11.5 Å². The molecule has 2 aromatic heterocycles. The van der Waals surface area contributed by atoms with Crippen LogP contribution >= 0.6 is 0 Å². The summed E-state index contributed by atoms with van der Waals surface area (Å²) >= 11 is 0. The molecule has 2 amide bonds. The summed E-state index contributed by atoms with van der Waals surface area (Å²) in [5.41, 5.74) is -0.0656. The first kappa shape index (κ1) is 24.3. The third-order valence-electron chi connectivity index (χ3n) is 7.44. The molecule has 2 fully saturated rings. The number of nitrogens with one attached hydrogen (secondary N) is 2. The van der Waals surface area contributed by atoms with Gasteiger partial charge in [-0.15, -0.1) is 5.10 Å². The number of carbonyl (C=O) groups is 2. The van der Waals surface area contributed by atoms with E-state index in [1.54, 1.807) is 18.2 Å². The zero-order valence-corrected chi connectivity index (χ0v) is 20.8. The molecule has 10 nitrogen and oxygen atoms in total. The molecule has 192 valence electrons. The molecule has 0 bridgehead atoms. The van der Waals surface area contributed by atoms with E-state index >= 15 is 0 Å². The largest absolute Gasteiger partial charge is 0.352 e. The van der Waals surface area contributed by atoms with Crippen LogP contribution in [-0.4, -0.2) is 42.6 Å². The van der Waals surface area contributed by atoms with E-state index in [2.05, 4.69) is 15.7 Å². The zero-order valence-electron chi connectivity index (χ0n) is 20.8. The van der Waals surface area contributed by atoms with E-state index < -0.39 is 5.69 Å². The molecule has 0 saturated heterocycles. The molecular formula is C26H34N6O4. The van der Waals surface area contributed by atoms with Gasteiger partial charge in [-0.3, -0.25) is 19.0 Å². The van der Waals surface area contributed by atoms with Crippen LogP contribution in [0.15, 0.2) is 27.8 Å². The first-order valence-electron chi connectivity index (χ1n) is 13.2. The van der Waals surface area contributed by atoms with Crippen LogP contribution in [0.2, 0.25) is 0 Å². The highest BCUT2D eigenvalue weighted by Gasteiger charge is 2.22. The molecule has 3 aromatic rings. The van der Waals surface area contributed by atoms with Crippen LogP contribution in [-0.2, 0) is 17.9 Å². The van der Waals surface area contributed by atoms with E-state index in [9.17, 15) is 19.2 Å². The maximum Gasteiger partial charge on any atom is 0.352 e. The summed E-state index contributed by atoms with van der Waals surface area (Å²) in [7, 11) is 0. The van der Waals surface area contributed by atoms with Crippen molar-refractivity contribution in [3.63, 3.8) is 0 Å². The van der Waals surface area contributed by atoms with Crippen LogP contribution in [0.4, 0.5) is 0 Å².